The normalized spacial score (nSPS) is 10.4. The van der Waals surface area contributed by atoms with Crippen LogP contribution in [0.3, 0.4) is 0 Å². The Hall–Kier alpha value is -3.10. The molecule has 1 aromatic heterocycles. The van der Waals surface area contributed by atoms with Crippen LogP contribution in [0.4, 0.5) is 0 Å². The minimum Gasteiger partial charge on any atom is -0.366 e. The molecule has 0 unspecified atom stereocenters. The molecule has 5 nitrogen and oxygen atoms in total. The number of nitrogens with zero attached hydrogens (tertiary/aromatic N) is 3. The Balaban J connectivity index is 1.91. The van der Waals surface area contributed by atoms with Crippen LogP contribution in [0.1, 0.15) is 27.2 Å². The Labute approximate surface area is 150 Å². The highest BCUT2D eigenvalue weighted by atomic mass is 35.5. The first-order valence-electron chi connectivity index (χ1n) is 7.62. The lowest BCUT2D eigenvalue weighted by atomic mass is 10.1. The molecule has 0 aliphatic heterocycles. The molecule has 1 amide bonds. The number of amides is 1. The molecule has 0 aliphatic carbocycles. The average Bonchev–Trinajstić information content (AvgIpc) is 2.89. The summed E-state index contributed by atoms with van der Waals surface area (Å²) in [6.07, 6.45) is 0. The number of nitrogens with two attached hydrogens (primary N) is 1. The van der Waals surface area contributed by atoms with Gasteiger partial charge in [-0.05, 0) is 42.3 Å². The van der Waals surface area contributed by atoms with Crippen molar-refractivity contribution in [3.05, 3.63) is 76.1 Å². The van der Waals surface area contributed by atoms with Gasteiger partial charge in [-0.3, -0.25) is 9.48 Å². The molecule has 25 heavy (non-hydrogen) atoms. The summed E-state index contributed by atoms with van der Waals surface area (Å²) in [5.74, 6) is -0.451. The highest BCUT2D eigenvalue weighted by molar-refractivity contribution is 6.32. The molecule has 2 N–H and O–H groups in total. The van der Waals surface area contributed by atoms with Crippen molar-refractivity contribution in [2.24, 2.45) is 5.73 Å². The van der Waals surface area contributed by atoms with Gasteiger partial charge in [-0.1, -0.05) is 35.9 Å². The quantitative estimate of drug-likeness (QED) is 0.781. The van der Waals surface area contributed by atoms with E-state index in [4.69, 9.17) is 22.6 Å². The number of aromatic nitrogens is 2. The van der Waals surface area contributed by atoms with Gasteiger partial charge >= 0.3 is 0 Å². The zero-order valence-electron chi connectivity index (χ0n) is 13.5. The highest BCUT2D eigenvalue weighted by Crippen LogP contribution is 2.31. The van der Waals surface area contributed by atoms with Gasteiger partial charge in [0, 0.05) is 16.8 Å². The molecular formula is C19H15ClN4O. The number of rotatable bonds is 4. The molecule has 3 rings (SSSR count). The number of nitriles is 1. The van der Waals surface area contributed by atoms with E-state index in [1.54, 1.807) is 24.3 Å². The van der Waals surface area contributed by atoms with Gasteiger partial charge in [0.15, 0.2) is 5.15 Å². The summed E-state index contributed by atoms with van der Waals surface area (Å²) >= 11 is 6.33. The third kappa shape index (κ3) is 3.39. The Kier molecular flexibility index (Phi) is 4.55. The maximum atomic E-state index is 11.1. The van der Waals surface area contributed by atoms with Crippen molar-refractivity contribution in [1.29, 1.82) is 5.26 Å². The molecule has 0 saturated heterocycles. The summed E-state index contributed by atoms with van der Waals surface area (Å²) in [7, 11) is 0. The molecule has 0 bridgehead atoms. The molecule has 124 valence electrons. The van der Waals surface area contributed by atoms with Crippen molar-refractivity contribution in [3.63, 3.8) is 0 Å². The lowest BCUT2D eigenvalue weighted by Gasteiger charge is -2.06. The smallest absolute Gasteiger partial charge is 0.248 e. The van der Waals surface area contributed by atoms with Gasteiger partial charge in [0.2, 0.25) is 5.91 Å². The minimum absolute atomic E-state index is 0.413. The summed E-state index contributed by atoms with van der Waals surface area (Å²) in [5, 5.41) is 13.7. The van der Waals surface area contributed by atoms with E-state index in [0.717, 1.165) is 22.4 Å². The van der Waals surface area contributed by atoms with Crippen LogP contribution in [0.5, 0.6) is 0 Å². The second-order valence-electron chi connectivity index (χ2n) is 5.66. The van der Waals surface area contributed by atoms with Gasteiger partial charge < -0.3 is 5.73 Å². The van der Waals surface area contributed by atoms with Gasteiger partial charge in [-0.15, -0.1) is 0 Å². The number of primary amides is 1. The summed E-state index contributed by atoms with van der Waals surface area (Å²) in [6, 6.07) is 16.4. The van der Waals surface area contributed by atoms with Crippen molar-refractivity contribution < 1.29 is 4.79 Å². The maximum absolute atomic E-state index is 11.1. The first-order chi connectivity index (χ1) is 12.0. The van der Waals surface area contributed by atoms with Crippen molar-refractivity contribution in [1.82, 2.24) is 9.78 Å². The van der Waals surface area contributed by atoms with Gasteiger partial charge in [0.25, 0.3) is 0 Å². The lowest BCUT2D eigenvalue weighted by molar-refractivity contribution is 0.100. The lowest BCUT2D eigenvalue weighted by Crippen LogP contribution is -2.11. The minimum atomic E-state index is -0.451. The fraction of sp³-hybridized carbons (Fsp3) is 0.105. The van der Waals surface area contributed by atoms with E-state index in [9.17, 15) is 4.79 Å². The molecule has 2 aromatic carbocycles. The van der Waals surface area contributed by atoms with Crippen LogP contribution in [-0.4, -0.2) is 15.7 Å². The fourth-order valence-electron chi connectivity index (χ4n) is 2.65. The standard InChI is InChI=1S/C19H15ClN4O/c1-12-17(15-6-2-13(10-21)3-7-15)18(20)23-24(12)11-14-4-8-16(9-5-14)19(22)25/h2-9H,11H2,1H3,(H2,22,25). The summed E-state index contributed by atoms with van der Waals surface area (Å²) in [4.78, 5) is 11.1. The first-order valence-corrected chi connectivity index (χ1v) is 7.99. The molecule has 1 heterocycles. The third-order valence-corrected chi connectivity index (χ3v) is 4.30. The van der Waals surface area contributed by atoms with E-state index in [1.807, 2.05) is 35.9 Å². The SMILES string of the molecule is Cc1c(-c2ccc(C#N)cc2)c(Cl)nn1Cc1ccc(C(N)=O)cc1. The predicted octanol–water partition coefficient (Wildman–Crippen LogP) is 3.53. The number of hydrogen-bond acceptors (Lipinski definition) is 3. The maximum Gasteiger partial charge on any atom is 0.248 e. The van der Waals surface area contributed by atoms with Crippen LogP contribution in [-0.2, 0) is 6.54 Å². The Morgan fingerprint density at radius 1 is 1.20 bits per heavy atom. The second kappa shape index (κ2) is 6.80. The number of halogens is 1. The van der Waals surface area contributed by atoms with E-state index in [-0.39, 0.29) is 0 Å². The molecule has 0 radical (unpaired) electrons. The largest absolute Gasteiger partial charge is 0.366 e. The molecule has 0 saturated carbocycles. The van der Waals surface area contributed by atoms with E-state index in [0.29, 0.717) is 22.8 Å². The van der Waals surface area contributed by atoms with Crippen molar-refractivity contribution in [2.45, 2.75) is 13.5 Å². The fourth-order valence-corrected chi connectivity index (χ4v) is 2.99. The monoisotopic (exact) mass is 350 g/mol. The molecule has 0 aliphatic rings. The van der Waals surface area contributed by atoms with E-state index in [2.05, 4.69) is 11.2 Å². The first kappa shape index (κ1) is 16.7. The Morgan fingerprint density at radius 2 is 1.84 bits per heavy atom. The Bertz CT molecular complexity index is 966. The molecule has 0 spiro atoms. The van der Waals surface area contributed by atoms with E-state index in [1.165, 1.54) is 0 Å². The van der Waals surface area contributed by atoms with Crippen molar-refractivity contribution in [2.75, 3.05) is 0 Å². The van der Waals surface area contributed by atoms with Gasteiger partial charge in [0.05, 0.1) is 18.2 Å². The predicted molar refractivity (Wildman–Crippen MR) is 96.2 cm³/mol. The third-order valence-electron chi connectivity index (χ3n) is 4.04. The van der Waals surface area contributed by atoms with Crippen LogP contribution in [0.2, 0.25) is 5.15 Å². The van der Waals surface area contributed by atoms with Crippen LogP contribution >= 0.6 is 11.6 Å². The van der Waals surface area contributed by atoms with Gasteiger partial charge in [-0.2, -0.15) is 10.4 Å². The topological polar surface area (TPSA) is 84.7 Å². The van der Waals surface area contributed by atoms with Crippen LogP contribution in [0.25, 0.3) is 11.1 Å². The van der Waals surface area contributed by atoms with E-state index < -0.39 is 5.91 Å². The average molecular weight is 351 g/mol. The number of hydrogen-bond donors (Lipinski definition) is 1. The second-order valence-corrected chi connectivity index (χ2v) is 6.02. The van der Waals surface area contributed by atoms with Gasteiger partial charge in [-0.25, -0.2) is 0 Å². The number of carbonyl (C=O) groups excluding carboxylic acids is 1. The molecular weight excluding hydrogens is 336 g/mol. The van der Waals surface area contributed by atoms with Crippen molar-refractivity contribution >= 4 is 17.5 Å². The van der Waals surface area contributed by atoms with Crippen molar-refractivity contribution in [3.8, 4) is 17.2 Å². The zero-order valence-corrected chi connectivity index (χ0v) is 14.3. The zero-order chi connectivity index (χ0) is 18.0. The van der Waals surface area contributed by atoms with Crippen LogP contribution < -0.4 is 5.73 Å². The molecule has 0 fully saturated rings. The van der Waals surface area contributed by atoms with Crippen LogP contribution in [0, 0.1) is 18.3 Å². The number of benzene rings is 2. The molecule has 0 atom stereocenters. The van der Waals surface area contributed by atoms with E-state index >= 15 is 0 Å². The molecule has 3 aromatic rings. The summed E-state index contributed by atoms with van der Waals surface area (Å²) < 4.78 is 1.81. The highest BCUT2D eigenvalue weighted by Gasteiger charge is 2.15. The Morgan fingerprint density at radius 3 is 2.40 bits per heavy atom. The van der Waals surface area contributed by atoms with Crippen LogP contribution in [0.15, 0.2) is 48.5 Å². The summed E-state index contributed by atoms with van der Waals surface area (Å²) in [6.45, 7) is 2.48. The van der Waals surface area contributed by atoms with Gasteiger partial charge in [0.1, 0.15) is 0 Å². The number of carbonyl (C=O) groups is 1. The molecule has 6 heteroatoms. The summed E-state index contributed by atoms with van der Waals surface area (Å²) in [5.41, 5.74) is 9.99.